The average Bonchev–Trinajstić information content (AvgIpc) is 2.39. The quantitative estimate of drug-likeness (QED) is 0.588. The van der Waals surface area contributed by atoms with Crippen molar-refractivity contribution in [3.05, 3.63) is 0 Å². The van der Waals surface area contributed by atoms with Gasteiger partial charge in [0.05, 0.1) is 6.04 Å². The summed E-state index contributed by atoms with van der Waals surface area (Å²) in [5.74, 6) is 1.41. The zero-order valence-corrected chi connectivity index (χ0v) is 13.4. The van der Waals surface area contributed by atoms with E-state index in [0.717, 1.165) is 25.3 Å². The van der Waals surface area contributed by atoms with Crippen molar-refractivity contribution in [2.75, 3.05) is 6.54 Å². The van der Waals surface area contributed by atoms with E-state index in [9.17, 15) is 0 Å². The summed E-state index contributed by atoms with van der Waals surface area (Å²) in [5, 5.41) is 0. The fourth-order valence-corrected chi connectivity index (χ4v) is 3.02. The number of guanidine groups is 1. The first-order valence-corrected chi connectivity index (χ1v) is 8.18. The number of hydrogen-bond donors (Lipinski definition) is 1. The molecule has 0 aromatic carbocycles. The molecule has 1 aliphatic rings. The molecule has 1 rings (SSSR count). The van der Waals surface area contributed by atoms with Crippen LogP contribution in [0.5, 0.6) is 0 Å². The lowest BCUT2D eigenvalue weighted by molar-refractivity contribution is 0.261. The Bertz CT molecular complexity index is 263. The number of rotatable bonds is 6. The third-order valence-corrected chi connectivity index (χ3v) is 4.13. The molecule has 0 aliphatic heterocycles. The van der Waals surface area contributed by atoms with Crippen molar-refractivity contribution in [2.45, 2.75) is 84.7 Å². The molecule has 112 valence electrons. The van der Waals surface area contributed by atoms with Gasteiger partial charge >= 0.3 is 0 Å². The largest absolute Gasteiger partial charge is 0.370 e. The molecule has 1 saturated carbocycles. The van der Waals surface area contributed by atoms with Crippen LogP contribution in [0.4, 0.5) is 0 Å². The number of hydrogen-bond acceptors (Lipinski definition) is 1. The average molecular weight is 267 g/mol. The molecular weight excluding hydrogens is 234 g/mol. The van der Waals surface area contributed by atoms with Crippen LogP contribution in [0.15, 0.2) is 4.99 Å². The number of nitrogens with zero attached hydrogens (tertiary/aromatic N) is 2. The fourth-order valence-electron chi connectivity index (χ4n) is 3.02. The highest BCUT2D eigenvalue weighted by Gasteiger charge is 2.20. The standard InChI is InChI=1S/C16H33N3/c1-5-15(6-2)19(12-13(3)4)16(17)18-14-10-8-7-9-11-14/h13-15H,5-12H2,1-4H3,(H2,17,18). The zero-order valence-electron chi connectivity index (χ0n) is 13.4. The fraction of sp³-hybridized carbons (Fsp3) is 0.938. The molecule has 0 amide bonds. The van der Waals surface area contributed by atoms with Gasteiger partial charge in [-0.25, -0.2) is 4.99 Å². The van der Waals surface area contributed by atoms with Gasteiger partial charge in [-0.3, -0.25) is 0 Å². The molecular formula is C16H33N3. The van der Waals surface area contributed by atoms with Gasteiger partial charge in [-0.05, 0) is 31.6 Å². The molecule has 3 heteroatoms. The molecule has 0 heterocycles. The first kappa shape index (κ1) is 16.3. The third kappa shape index (κ3) is 5.42. The van der Waals surface area contributed by atoms with Crippen molar-refractivity contribution in [1.29, 1.82) is 0 Å². The highest BCUT2D eigenvalue weighted by atomic mass is 15.3. The molecule has 0 aromatic rings. The number of nitrogens with two attached hydrogens (primary N) is 1. The Labute approximate surface area is 119 Å². The highest BCUT2D eigenvalue weighted by molar-refractivity contribution is 5.78. The molecule has 2 N–H and O–H groups in total. The lowest BCUT2D eigenvalue weighted by atomic mass is 9.96. The minimum absolute atomic E-state index is 0.470. The Morgan fingerprint density at radius 1 is 1.16 bits per heavy atom. The van der Waals surface area contributed by atoms with E-state index >= 15 is 0 Å². The van der Waals surface area contributed by atoms with Gasteiger partial charge < -0.3 is 10.6 Å². The summed E-state index contributed by atoms with van der Waals surface area (Å²) in [5.41, 5.74) is 6.33. The molecule has 0 aromatic heterocycles. The van der Waals surface area contributed by atoms with Crippen molar-refractivity contribution in [3.63, 3.8) is 0 Å². The van der Waals surface area contributed by atoms with Gasteiger partial charge in [0.15, 0.2) is 5.96 Å². The lowest BCUT2D eigenvalue weighted by Crippen LogP contribution is -2.46. The molecule has 0 unspecified atom stereocenters. The molecule has 0 saturated heterocycles. The Morgan fingerprint density at radius 2 is 1.74 bits per heavy atom. The van der Waals surface area contributed by atoms with E-state index in [4.69, 9.17) is 10.7 Å². The summed E-state index contributed by atoms with van der Waals surface area (Å²) in [6, 6.07) is 1.01. The molecule has 1 aliphatic carbocycles. The van der Waals surface area contributed by atoms with Crippen LogP contribution in [0.3, 0.4) is 0 Å². The van der Waals surface area contributed by atoms with Gasteiger partial charge in [0.2, 0.25) is 0 Å². The van der Waals surface area contributed by atoms with Crippen LogP contribution in [0.1, 0.15) is 72.6 Å². The molecule has 19 heavy (non-hydrogen) atoms. The van der Waals surface area contributed by atoms with Gasteiger partial charge in [-0.2, -0.15) is 0 Å². The predicted octanol–water partition coefficient (Wildman–Crippen LogP) is 3.78. The predicted molar refractivity (Wildman–Crippen MR) is 84.4 cm³/mol. The van der Waals surface area contributed by atoms with Crippen LogP contribution < -0.4 is 5.73 Å². The molecule has 1 fully saturated rings. The maximum Gasteiger partial charge on any atom is 0.191 e. The van der Waals surface area contributed by atoms with E-state index in [1.165, 1.54) is 32.1 Å². The van der Waals surface area contributed by atoms with E-state index < -0.39 is 0 Å². The highest BCUT2D eigenvalue weighted by Crippen LogP contribution is 2.21. The minimum Gasteiger partial charge on any atom is -0.370 e. The van der Waals surface area contributed by atoms with Crippen LogP contribution >= 0.6 is 0 Å². The summed E-state index contributed by atoms with van der Waals surface area (Å²) in [6.07, 6.45) is 8.73. The number of aliphatic imine (C=N–C) groups is 1. The minimum atomic E-state index is 0.470. The third-order valence-electron chi connectivity index (χ3n) is 4.13. The summed E-state index contributed by atoms with van der Waals surface area (Å²) < 4.78 is 0. The Morgan fingerprint density at radius 3 is 2.21 bits per heavy atom. The second-order valence-corrected chi connectivity index (χ2v) is 6.30. The van der Waals surface area contributed by atoms with Crippen molar-refractivity contribution in [1.82, 2.24) is 4.90 Å². The van der Waals surface area contributed by atoms with E-state index in [-0.39, 0.29) is 0 Å². The van der Waals surface area contributed by atoms with E-state index in [1.54, 1.807) is 0 Å². The molecule has 0 atom stereocenters. The Hall–Kier alpha value is -0.730. The summed E-state index contributed by atoms with van der Waals surface area (Å²) in [4.78, 5) is 7.17. The van der Waals surface area contributed by atoms with Crippen LogP contribution in [0.2, 0.25) is 0 Å². The van der Waals surface area contributed by atoms with Crippen molar-refractivity contribution in [3.8, 4) is 0 Å². The van der Waals surface area contributed by atoms with Crippen molar-refractivity contribution >= 4 is 5.96 Å². The maximum atomic E-state index is 6.33. The van der Waals surface area contributed by atoms with Gasteiger partial charge in [-0.15, -0.1) is 0 Å². The smallest absolute Gasteiger partial charge is 0.191 e. The first-order chi connectivity index (χ1) is 9.08. The summed E-state index contributed by atoms with van der Waals surface area (Å²) in [6.45, 7) is 10.0. The second-order valence-electron chi connectivity index (χ2n) is 6.30. The normalized spacial score (nSPS) is 18.3. The van der Waals surface area contributed by atoms with Crippen molar-refractivity contribution < 1.29 is 0 Å². The molecule has 0 radical (unpaired) electrons. The van der Waals surface area contributed by atoms with Crippen LogP contribution in [0.25, 0.3) is 0 Å². The lowest BCUT2D eigenvalue weighted by Gasteiger charge is -2.34. The van der Waals surface area contributed by atoms with E-state index in [0.29, 0.717) is 18.0 Å². The SMILES string of the molecule is CCC(CC)N(CC(C)C)C(N)=NC1CCCCC1. The summed E-state index contributed by atoms with van der Waals surface area (Å²) >= 11 is 0. The molecule has 3 nitrogen and oxygen atoms in total. The van der Waals surface area contributed by atoms with Gasteiger partial charge in [0.1, 0.15) is 0 Å². The Kier molecular flexibility index (Phi) is 7.25. The van der Waals surface area contributed by atoms with E-state index in [2.05, 4.69) is 32.6 Å². The van der Waals surface area contributed by atoms with Crippen molar-refractivity contribution in [2.24, 2.45) is 16.6 Å². The first-order valence-electron chi connectivity index (χ1n) is 8.18. The molecule has 0 spiro atoms. The zero-order chi connectivity index (χ0) is 14.3. The monoisotopic (exact) mass is 267 g/mol. The maximum absolute atomic E-state index is 6.33. The van der Waals surface area contributed by atoms with Gasteiger partial charge in [0.25, 0.3) is 0 Å². The van der Waals surface area contributed by atoms with Crippen LogP contribution in [0, 0.1) is 5.92 Å². The van der Waals surface area contributed by atoms with E-state index in [1.807, 2.05) is 0 Å². The molecule has 0 bridgehead atoms. The Balaban J connectivity index is 2.73. The van der Waals surface area contributed by atoms with Crippen LogP contribution in [-0.4, -0.2) is 29.5 Å². The summed E-state index contributed by atoms with van der Waals surface area (Å²) in [7, 11) is 0. The van der Waals surface area contributed by atoms with Gasteiger partial charge in [0, 0.05) is 12.6 Å². The second kappa shape index (κ2) is 8.44. The van der Waals surface area contributed by atoms with Crippen LogP contribution in [-0.2, 0) is 0 Å². The van der Waals surface area contributed by atoms with Gasteiger partial charge in [-0.1, -0.05) is 47.0 Å². The topological polar surface area (TPSA) is 41.6 Å².